The zero-order chi connectivity index (χ0) is 22.2. The van der Waals surface area contributed by atoms with Gasteiger partial charge in [-0.1, -0.05) is 20.8 Å². The average Bonchev–Trinajstić information content (AvgIpc) is 3.27. The van der Waals surface area contributed by atoms with E-state index in [4.69, 9.17) is 4.42 Å². The first kappa shape index (κ1) is 21.6. The summed E-state index contributed by atoms with van der Waals surface area (Å²) in [6.07, 6.45) is 4.71. The van der Waals surface area contributed by atoms with Crippen LogP contribution in [0.5, 0.6) is 0 Å². The van der Waals surface area contributed by atoms with Crippen LogP contribution in [0.3, 0.4) is 0 Å². The number of aliphatic imine (C=N–C) groups is 1. The molecule has 3 heterocycles. The highest BCUT2D eigenvalue weighted by molar-refractivity contribution is 7.99. The van der Waals surface area contributed by atoms with Gasteiger partial charge in [0, 0.05) is 16.6 Å². The Kier molecular flexibility index (Phi) is 5.91. The number of rotatable bonds is 4. The van der Waals surface area contributed by atoms with E-state index in [9.17, 15) is 10.1 Å². The van der Waals surface area contributed by atoms with E-state index in [1.165, 1.54) is 28.3 Å². The van der Waals surface area contributed by atoms with E-state index in [2.05, 4.69) is 41.8 Å². The van der Waals surface area contributed by atoms with E-state index >= 15 is 0 Å². The second-order valence-corrected chi connectivity index (χ2v) is 10.9. The summed E-state index contributed by atoms with van der Waals surface area (Å²) in [6.45, 7) is 8.63. The molecule has 0 saturated heterocycles. The van der Waals surface area contributed by atoms with Crippen molar-refractivity contribution < 1.29 is 4.42 Å². The molecular weight excluding hydrogens is 428 g/mol. The van der Waals surface area contributed by atoms with Crippen LogP contribution in [0.2, 0.25) is 0 Å². The fourth-order valence-electron chi connectivity index (χ4n) is 3.79. The minimum absolute atomic E-state index is 0.192. The quantitative estimate of drug-likeness (QED) is 0.407. The number of hydrogen-bond acceptors (Lipinski definition) is 7. The molecule has 3 aromatic rings. The molecule has 0 spiro atoms. The lowest BCUT2D eigenvalue weighted by Crippen LogP contribution is -2.26. The molecule has 8 heteroatoms. The molecule has 6 nitrogen and oxygen atoms in total. The number of furan rings is 1. The molecule has 160 valence electrons. The van der Waals surface area contributed by atoms with Crippen LogP contribution in [0.1, 0.15) is 54.7 Å². The molecule has 1 atom stereocenters. The van der Waals surface area contributed by atoms with E-state index in [-0.39, 0.29) is 11.0 Å². The number of nitrogens with zero attached hydrogens (tertiary/aromatic N) is 3. The molecule has 0 unspecified atom stereocenters. The Morgan fingerprint density at radius 1 is 1.42 bits per heavy atom. The van der Waals surface area contributed by atoms with Gasteiger partial charge in [0.25, 0.3) is 5.56 Å². The molecule has 0 fully saturated rings. The van der Waals surface area contributed by atoms with Crippen LogP contribution in [0.4, 0.5) is 5.00 Å². The van der Waals surface area contributed by atoms with Gasteiger partial charge in [-0.25, -0.2) is 9.98 Å². The van der Waals surface area contributed by atoms with Crippen LogP contribution in [0.25, 0.3) is 0 Å². The van der Waals surface area contributed by atoms with E-state index in [0.717, 1.165) is 24.3 Å². The maximum absolute atomic E-state index is 11.6. The molecule has 0 aromatic carbocycles. The molecule has 0 amide bonds. The Bertz CT molecular complexity index is 1240. The number of thiophene rings is 1. The number of hydrogen-bond donors (Lipinski definition) is 1. The van der Waals surface area contributed by atoms with Crippen molar-refractivity contribution in [1.82, 2.24) is 9.97 Å². The van der Waals surface area contributed by atoms with Crippen LogP contribution >= 0.6 is 23.1 Å². The first-order chi connectivity index (χ1) is 14.7. The van der Waals surface area contributed by atoms with Crippen molar-refractivity contribution in [2.24, 2.45) is 16.3 Å². The lowest BCUT2D eigenvalue weighted by atomic mass is 9.72. The van der Waals surface area contributed by atoms with Crippen LogP contribution in [0, 0.1) is 29.6 Å². The van der Waals surface area contributed by atoms with E-state index in [0.29, 0.717) is 33.2 Å². The van der Waals surface area contributed by atoms with Crippen molar-refractivity contribution in [3.8, 4) is 6.07 Å². The predicted molar refractivity (Wildman–Crippen MR) is 124 cm³/mol. The Balaban J connectivity index is 1.53. The zero-order valence-corrected chi connectivity index (χ0v) is 19.6. The minimum Gasteiger partial charge on any atom is -0.448 e. The third kappa shape index (κ3) is 4.83. The van der Waals surface area contributed by atoms with E-state index in [1.807, 2.05) is 12.1 Å². The van der Waals surface area contributed by atoms with Gasteiger partial charge < -0.3 is 9.40 Å². The van der Waals surface area contributed by atoms with E-state index in [1.54, 1.807) is 24.5 Å². The molecule has 0 aliphatic heterocycles. The second-order valence-electron chi connectivity index (χ2n) is 8.81. The second kappa shape index (κ2) is 8.48. The molecule has 1 N–H and O–H groups in total. The maximum atomic E-state index is 11.6. The highest BCUT2D eigenvalue weighted by Crippen LogP contribution is 2.44. The maximum Gasteiger partial charge on any atom is 0.251 e. The fraction of sp³-hybridized carbons (Fsp3) is 0.391. The number of nitrogens with one attached hydrogen (secondary N) is 1. The van der Waals surface area contributed by atoms with Crippen molar-refractivity contribution in [3.63, 3.8) is 0 Å². The molecule has 1 aliphatic carbocycles. The number of nitriles is 1. The summed E-state index contributed by atoms with van der Waals surface area (Å²) >= 11 is 2.87. The predicted octanol–water partition coefficient (Wildman–Crippen LogP) is 5.66. The Morgan fingerprint density at radius 3 is 2.94 bits per heavy atom. The summed E-state index contributed by atoms with van der Waals surface area (Å²) in [4.78, 5) is 24.5. The smallest absolute Gasteiger partial charge is 0.251 e. The van der Waals surface area contributed by atoms with Crippen LogP contribution in [0.15, 0.2) is 42.7 Å². The average molecular weight is 453 g/mol. The molecule has 0 saturated carbocycles. The third-order valence-electron chi connectivity index (χ3n) is 5.54. The lowest BCUT2D eigenvalue weighted by molar-refractivity contribution is 0.218. The van der Waals surface area contributed by atoms with Crippen molar-refractivity contribution >= 4 is 34.3 Å². The number of aromatic amines is 1. The number of aromatic nitrogens is 2. The van der Waals surface area contributed by atoms with Crippen molar-refractivity contribution in [2.45, 2.75) is 57.2 Å². The summed E-state index contributed by atoms with van der Waals surface area (Å²) in [5, 5.41) is 11.6. The van der Waals surface area contributed by atoms with Gasteiger partial charge in [-0.05, 0) is 67.0 Å². The molecule has 1 aliphatic rings. The van der Waals surface area contributed by atoms with Gasteiger partial charge in [-0.2, -0.15) is 5.26 Å². The Morgan fingerprint density at radius 2 is 2.23 bits per heavy atom. The van der Waals surface area contributed by atoms with Crippen molar-refractivity contribution in [2.75, 3.05) is 0 Å². The Hall–Kier alpha value is -2.63. The standard InChI is InChI=1S/C23H24N4O2S2/c1-13-9-19(28)27-22(26-13)31-20-8-6-15(29-20)12-25-21-17(11-24)16-7-5-14(23(2,3)4)10-18(16)30-21/h6,8-9,12,14H,5,7,10H2,1-4H3,(H,26,27,28)/t14-/m1/s1. The SMILES string of the molecule is Cc1cc(=O)[nH]c(Sc2ccc(C=Nc3sc4c(c3C#N)CC[C@@H](C(C)(C)C)C4)o2)n1. The van der Waals surface area contributed by atoms with Crippen LogP contribution in [-0.4, -0.2) is 16.2 Å². The summed E-state index contributed by atoms with van der Waals surface area (Å²) in [7, 11) is 0. The van der Waals surface area contributed by atoms with Gasteiger partial charge in [-0.3, -0.25) is 4.79 Å². The van der Waals surface area contributed by atoms with Gasteiger partial charge in [0.05, 0.1) is 11.8 Å². The highest BCUT2D eigenvalue weighted by Gasteiger charge is 2.32. The Labute approximate surface area is 189 Å². The topological polar surface area (TPSA) is 95.0 Å². The molecule has 3 aromatic heterocycles. The van der Waals surface area contributed by atoms with Gasteiger partial charge in [0.2, 0.25) is 0 Å². The third-order valence-corrected chi connectivity index (χ3v) is 7.51. The van der Waals surface area contributed by atoms with Gasteiger partial charge >= 0.3 is 0 Å². The minimum atomic E-state index is -0.192. The normalized spacial score (nSPS) is 16.4. The summed E-state index contributed by atoms with van der Waals surface area (Å²) in [6, 6.07) is 7.43. The summed E-state index contributed by atoms with van der Waals surface area (Å²) < 4.78 is 5.80. The molecule has 4 rings (SSSR count). The molecule has 0 bridgehead atoms. The van der Waals surface area contributed by atoms with Crippen molar-refractivity contribution in [1.29, 1.82) is 5.26 Å². The first-order valence-corrected chi connectivity index (χ1v) is 11.8. The van der Waals surface area contributed by atoms with Gasteiger partial charge in [0.15, 0.2) is 10.2 Å². The van der Waals surface area contributed by atoms with E-state index < -0.39 is 0 Å². The zero-order valence-electron chi connectivity index (χ0n) is 18.0. The molecular formula is C23H24N4O2S2. The lowest BCUT2D eigenvalue weighted by Gasteiger charge is -2.33. The highest BCUT2D eigenvalue weighted by atomic mass is 32.2. The largest absolute Gasteiger partial charge is 0.448 e. The van der Waals surface area contributed by atoms with Crippen LogP contribution < -0.4 is 5.56 Å². The van der Waals surface area contributed by atoms with Gasteiger partial charge in [-0.15, -0.1) is 11.3 Å². The number of H-pyrrole nitrogens is 1. The molecule has 0 radical (unpaired) electrons. The molecule has 31 heavy (non-hydrogen) atoms. The number of aryl methyl sites for hydroxylation is 1. The fourth-order valence-corrected chi connectivity index (χ4v) is 5.82. The van der Waals surface area contributed by atoms with Crippen molar-refractivity contribution in [3.05, 3.63) is 56.0 Å². The van der Waals surface area contributed by atoms with Gasteiger partial charge in [0.1, 0.15) is 16.8 Å². The summed E-state index contributed by atoms with van der Waals surface area (Å²) in [5.74, 6) is 1.20. The van der Waals surface area contributed by atoms with Crippen LogP contribution in [-0.2, 0) is 12.8 Å². The first-order valence-electron chi connectivity index (χ1n) is 10.2. The number of fused-ring (bicyclic) bond motifs is 1. The monoisotopic (exact) mass is 452 g/mol. The summed E-state index contributed by atoms with van der Waals surface area (Å²) in [5.41, 5.74) is 2.59.